The smallest absolute Gasteiger partial charge is 0.257 e. The fourth-order valence-corrected chi connectivity index (χ4v) is 4.47. The molecule has 0 unspecified atom stereocenters. The molecule has 39 heavy (non-hydrogen) atoms. The molecule has 200 valence electrons. The number of benzene rings is 4. The highest BCUT2D eigenvalue weighted by atomic mass is 79.9. The monoisotopic (exact) mass is 585 g/mol. The Bertz CT molecular complexity index is 1390. The van der Waals surface area contributed by atoms with Gasteiger partial charge in [-0.3, -0.25) is 9.59 Å². The highest BCUT2D eigenvalue weighted by Crippen LogP contribution is 2.27. The molecule has 0 bridgehead atoms. The molecular weight excluding hydrogens is 554 g/mol. The predicted octanol–water partition coefficient (Wildman–Crippen LogP) is 8.66. The van der Waals surface area contributed by atoms with Crippen LogP contribution in [0.3, 0.4) is 0 Å². The molecule has 0 saturated carbocycles. The van der Waals surface area contributed by atoms with E-state index in [1.54, 1.807) is 42.5 Å². The minimum Gasteiger partial charge on any atom is -0.492 e. The first-order valence-corrected chi connectivity index (χ1v) is 13.9. The lowest BCUT2D eigenvalue weighted by Gasteiger charge is -2.13. The van der Waals surface area contributed by atoms with Crippen molar-refractivity contribution in [1.82, 2.24) is 0 Å². The van der Waals surface area contributed by atoms with Crippen molar-refractivity contribution in [1.29, 1.82) is 0 Å². The predicted molar refractivity (Wildman–Crippen MR) is 162 cm³/mol. The van der Waals surface area contributed by atoms with Crippen LogP contribution in [-0.2, 0) is 0 Å². The van der Waals surface area contributed by atoms with Gasteiger partial charge in [0.2, 0.25) is 0 Å². The zero-order chi connectivity index (χ0) is 27.5. The molecule has 0 radical (unpaired) electrons. The second-order valence-electron chi connectivity index (χ2n) is 9.08. The van der Waals surface area contributed by atoms with E-state index in [9.17, 15) is 9.59 Å². The zero-order valence-corrected chi connectivity index (χ0v) is 23.5. The topological polar surface area (TPSA) is 79.5 Å². The number of nitrogens with one attached hydrogen (secondary N) is 3. The third-order valence-corrected chi connectivity index (χ3v) is 6.69. The van der Waals surface area contributed by atoms with Crippen molar-refractivity contribution in [3.05, 3.63) is 113 Å². The average Bonchev–Trinajstić information content (AvgIpc) is 2.95. The van der Waals surface area contributed by atoms with E-state index in [1.807, 2.05) is 54.6 Å². The Hall–Kier alpha value is -4.10. The van der Waals surface area contributed by atoms with Crippen molar-refractivity contribution in [2.75, 3.05) is 22.6 Å². The third kappa shape index (κ3) is 8.19. The Morgan fingerprint density at radius 1 is 0.718 bits per heavy atom. The number of ether oxygens (including phenoxy) is 1. The van der Waals surface area contributed by atoms with Crippen molar-refractivity contribution in [3.8, 4) is 5.75 Å². The maximum Gasteiger partial charge on any atom is 0.257 e. The SMILES string of the molecule is CCCCCCOc1ccc(C(=O)Nc2ccccc2C(=O)Nc2ccc(Nc3ccccc3)cc2)cc1Br. The fourth-order valence-electron chi connectivity index (χ4n) is 3.98. The molecule has 4 aromatic carbocycles. The summed E-state index contributed by atoms with van der Waals surface area (Å²) in [6.07, 6.45) is 4.51. The molecule has 0 heterocycles. The summed E-state index contributed by atoms with van der Waals surface area (Å²) in [5.41, 5.74) is 3.78. The normalized spacial score (nSPS) is 10.5. The molecule has 0 saturated heterocycles. The highest BCUT2D eigenvalue weighted by molar-refractivity contribution is 9.10. The van der Waals surface area contributed by atoms with Gasteiger partial charge in [0, 0.05) is 22.6 Å². The third-order valence-electron chi connectivity index (χ3n) is 6.07. The van der Waals surface area contributed by atoms with E-state index in [4.69, 9.17) is 4.74 Å². The van der Waals surface area contributed by atoms with Gasteiger partial charge >= 0.3 is 0 Å². The zero-order valence-electron chi connectivity index (χ0n) is 21.9. The van der Waals surface area contributed by atoms with Crippen LogP contribution in [0, 0.1) is 0 Å². The summed E-state index contributed by atoms with van der Waals surface area (Å²) < 4.78 is 6.56. The van der Waals surface area contributed by atoms with Gasteiger partial charge in [0.05, 0.1) is 22.3 Å². The summed E-state index contributed by atoms with van der Waals surface area (Å²) in [6, 6.07) is 29.5. The summed E-state index contributed by atoms with van der Waals surface area (Å²) in [7, 11) is 0. The molecule has 7 heteroatoms. The van der Waals surface area contributed by atoms with Crippen molar-refractivity contribution < 1.29 is 14.3 Å². The number of anilines is 4. The number of amides is 2. The van der Waals surface area contributed by atoms with Gasteiger partial charge in [-0.1, -0.05) is 56.5 Å². The molecule has 4 aromatic rings. The van der Waals surface area contributed by atoms with Gasteiger partial charge in [0.1, 0.15) is 5.75 Å². The molecule has 3 N–H and O–H groups in total. The van der Waals surface area contributed by atoms with Gasteiger partial charge in [-0.15, -0.1) is 0 Å². The second-order valence-corrected chi connectivity index (χ2v) is 9.93. The van der Waals surface area contributed by atoms with Gasteiger partial charge in [-0.05, 0) is 89.1 Å². The van der Waals surface area contributed by atoms with E-state index in [1.165, 1.54) is 12.8 Å². The number of unbranched alkanes of at least 4 members (excludes halogenated alkanes) is 3. The van der Waals surface area contributed by atoms with Gasteiger partial charge in [-0.25, -0.2) is 0 Å². The van der Waals surface area contributed by atoms with E-state index in [0.29, 0.717) is 39.3 Å². The number of carbonyl (C=O) groups excluding carboxylic acids is 2. The van der Waals surface area contributed by atoms with Crippen LogP contribution in [0.1, 0.15) is 53.3 Å². The molecule has 0 aromatic heterocycles. The standard InChI is InChI=1S/C32H32BrN3O3/c1-2-3-4-10-21-39-30-20-15-23(22-28(30)33)31(37)36-29-14-9-8-13-27(29)32(38)35-26-18-16-25(17-19-26)34-24-11-6-5-7-12-24/h5-9,11-20,22,34H,2-4,10,21H2,1H3,(H,35,38)(H,36,37). The molecule has 0 aliphatic carbocycles. The molecule has 0 aliphatic heterocycles. The number of para-hydroxylation sites is 2. The Morgan fingerprint density at radius 3 is 2.15 bits per heavy atom. The van der Waals surface area contributed by atoms with E-state index in [0.717, 1.165) is 24.2 Å². The average molecular weight is 587 g/mol. The number of rotatable bonds is 12. The van der Waals surface area contributed by atoms with Gasteiger partial charge in [-0.2, -0.15) is 0 Å². The number of hydrogen-bond acceptors (Lipinski definition) is 4. The molecule has 2 amide bonds. The Balaban J connectivity index is 1.37. The summed E-state index contributed by atoms with van der Waals surface area (Å²) in [4.78, 5) is 26.1. The molecule has 0 spiro atoms. The van der Waals surface area contributed by atoms with Gasteiger partial charge in [0.25, 0.3) is 11.8 Å². The fraction of sp³-hybridized carbons (Fsp3) is 0.188. The Morgan fingerprint density at radius 2 is 1.41 bits per heavy atom. The first-order chi connectivity index (χ1) is 19.0. The minimum atomic E-state index is -0.318. The van der Waals surface area contributed by atoms with Gasteiger partial charge in [0.15, 0.2) is 0 Å². The molecule has 0 aliphatic rings. The largest absolute Gasteiger partial charge is 0.492 e. The lowest BCUT2D eigenvalue weighted by atomic mass is 10.1. The molecule has 0 fully saturated rings. The van der Waals surface area contributed by atoms with E-state index < -0.39 is 0 Å². The van der Waals surface area contributed by atoms with Crippen LogP contribution in [0.25, 0.3) is 0 Å². The van der Waals surface area contributed by atoms with E-state index in [-0.39, 0.29) is 11.8 Å². The van der Waals surface area contributed by atoms with E-state index in [2.05, 4.69) is 38.8 Å². The lowest BCUT2D eigenvalue weighted by molar-refractivity contribution is 0.102. The molecule has 6 nitrogen and oxygen atoms in total. The maximum atomic E-state index is 13.1. The molecular formula is C32H32BrN3O3. The number of halogens is 1. The quantitative estimate of drug-likeness (QED) is 0.145. The van der Waals surface area contributed by atoms with Crippen molar-refractivity contribution in [2.24, 2.45) is 0 Å². The van der Waals surface area contributed by atoms with Crippen molar-refractivity contribution in [2.45, 2.75) is 32.6 Å². The maximum absolute atomic E-state index is 13.1. The lowest BCUT2D eigenvalue weighted by Crippen LogP contribution is -2.18. The second kappa shape index (κ2) is 14.2. The summed E-state index contributed by atoms with van der Waals surface area (Å²) in [5, 5.41) is 9.10. The first kappa shape index (κ1) is 27.9. The first-order valence-electron chi connectivity index (χ1n) is 13.1. The van der Waals surface area contributed by atoms with Crippen LogP contribution in [0.2, 0.25) is 0 Å². The minimum absolute atomic E-state index is 0.317. The molecule has 0 atom stereocenters. The van der Waals surface area contributed by atoms with Crippen LogP contribution in [-0.4, -0.2) is 18.4 Å². The number of hydrogen-bond donors (Lipinski definition) is 3. The van der Waals surface area contributed by atoms with Gasteiger partial charge < -0.3 is 20.7 Å². The number of carbonyl (C=O) groups is 2. The van der Waals surface area contributed by atoms with Crippen molar-refractivity contribution in [3.63, 3.8) is 0 Å². The van der Waals surface area contributed by atoms with Crippen molar-refractivity contribution >= 4 is 50.5 Å². The molecule has 4 rings (SSSR count). The summed E-state index contributed by atoms with van der Waals surface area (Å²) in [5.74, 6) is 0.0669. The van der Waals surface area contributed by atoms with Crippen LogP contribution >= 0.6 is 15.9 Å². The van der Waals surface area contributed by atoms with Crippen LogP contribution in [0.4, 0.5) is 22.7 Å². The van der Waals surface area contributed by atoms with Crippen LogP contribution in [0.15, 0.2) is 102 Å². The van der Waals surface area contributed by atoms with E-state index >= 15 is 0 Å². The van der Waals surface area contributed by atoms with Crippen LogP contribution < -0.4 is 20.7 Å². The Labute approximate surface area is 237 Å². The summed E-state index contributed by atoms with van der Waals surface area (Å²) in [6.45, 7) is 2.81. The Kier molecular flexibility index (Phi) is 10.1. The van der Waals surface area contributed by atoms with Crippen LogP contribution in [0.5, 0.6) is 5.75 Å². The highest BCUT2D eigenvalue weighted by Gasteiger charge is 2.15. The summed E-state index contributed by atoms with van der Waals surface area (Å²) >= 11 is 3.51.